The van der Waals surface area contributed by atoms with E-state index in [0.717, 1.165) is 149 Å². The topological polar surface area (TPSA) is 587 Å². The average Bonchev–Trinajstić information content (AvgIpc) is 1.59. The van der Waals surface area contributed by atoms with Crippen LogP contribution in [-0.2, 0) is 49.1 Å². The second-order valence-electron chi connectivity index (χ2n) is 37.0. The molecule has 768 valence electrons. The maximum absolute atomic E-state index is 11.7. The van der Waals surface area contributed by atoms with Crippen LogP contribution >= 0.6 is 45.2 Å². The van der Waals surface area contributed by atoms with Gasteiger partial charge in [0.15, 0.2) is 34.2 Å². The number of nitrogens with zero attached hydrogens (tertiary/aromatic N) is 22. The molecule has 0 bridgehead atoms. The molecule has 4 aliphatic rings. The predicted molar refractivity (Wildman–Crippen MR) is 568 cm³/mol. The number of hydrogen-bond acceptors (Lipinski definition) is 32. The van der Waals surface area contributed by atoms with Gasteiger partial charge in [0, 0.05) is 145 Å². The third-order valence-corrected chi connectivity index (χ3v) is 30.4. The number of nitrogen functional groups attached to an aromatic ring is 4. The van der Waals surface area contributed by atoms with Crippen LogP contribution in [0.3, 0.4) is 0 Å². The average molecular weight is 2230 g/mol. The Labute approximate surface area is 874 Å². The summed E-state index contributed by atoms with van der Waals surface area (Å²) in [5.74, 6) is 2.59. The Morgan fingerprint density at radius 2 is 0.649 bits per heavy atom. The Bertz CT molecular complexity index is 7750. The molecule has 4 aromatic carbocycles. The van der Waals surface area contributed by atoms with Crippen LogP contribution in [0.25, 0.3) is 89.8 Å². The van der Waals surface area contributed by atoms with Gasteiger partial charge < -0.3 is 72.3 Å². The number of methoxy groups -OCH3 is 4. The van der Waals surface area contributed by atoms with E-state index in [1.807, 2.05) is 196 Å². The molecule has 44 nitrogen and oxygen atoms in total. The van der Waals surface area contributed by atoms with Crippen molar-refractivity contribution in [2.24, 2.45) is 11.5 Å². The van der Waals surface area contributed by atoms with Crippen molar-refractivity contribution in [2.75, 3.05) is 104 Å². The lowest BCUT2D eigenvalue weighted by Gasteiger charge is -2.39. The highest BCUT2D eigenvalue weighted by Gasteiger charge is 2.47. The summed E-state index contributed by atoms with van der Waals surface area (Å²) in [5, 5.41) is 60.3. The first kappa shape index (κ1) is 102. The SMILES string of the molecule is COCCOC1(C(=N)N)CCC(c2cc(N)n3ncc(-c4cnn(-c5ccccc5)c4)c3n2)CC1.COCCOC1(C(=N)N)CCC(c2nc3c(-c4cnn(-c5ccccc5)c4)cnn3c(N)c2I)CC1.COCCOC1(c2noc(=O)[nH]2)CCC(c2cc(N)n3ncc(-c4cnn(-c5ccccc5)c4)c3n2)CC1.COCCOC1(c2noc(=O)[nH]2)CCC(c2nc3c(-c4cnn(-c5ccccc5)c4)cnn3c(N)c2I)CC1. The fourth-order valence-corrected chi connectivity index (χ4v) is 21.6. The summed E-state index contributed by atoms with van der Waals surface area (Å²) < 4.78 is 70.4. The van der Waals surface area contributed by atoms with E-state index in [-0.39, 0.29) is 35.3 Å². The summed E-state index contributed by atoms with van der Waals surface area (Å²) in [5.41, 5.74) is 52.3. The molecule has 0 atom stereocenters. The number of nitrogens with one attached hydrogen (secondary N) is 4. The number of H-pyrrole nitrogens is 2. The van der Waals surface area contributed by atoms with Crippen LogP contribution in [0.4, 0.5) is 23.3 Å². The summed E-state index contributed by atoms with van der Waals surface area (Å²) >= 11 is 4.52. The molecule has 148 heavy (non-hydrogen) atoms. The molecular formula is C102H114I2N32O12. The Balaban J connectivity index is 0.000000124. The van der Waals surface area contributed by atoms with Gasteiger partial charge in [0.25, 0.3) is 0 Å². The predicted octanol–water partition coefficient (Wildman–Crippen LogP) is 13.6. The summed E-state index contributed by atoms with van der Waals surface area (Å²) in [6.07, 6.45) is 33.6. The smallest absolute Gasteiger partial charge is 0.385 e. The lowest BCUT2D eigenvalue weighted by molar-refractivity contribution is -0.0988. The molecular weight excluding hydrogens is 2120 g/mol. The number of amidine groups is 2. The lowest BCUT2D eigenvalue weighted by atomic mass is 9.76. The molecule has 0 saturated heterocycles. The Morgan fingerprint density at radius 3 is 0.939 bits per heavy atom. The largest absolute Gasteiger partial charge is 0.439 e. The highest BCUT2D eigenvalue weighted by molar-refractivity contribution is 14.1. The Morgan fingerprint density at radius 1 is 0.372 bits per heavy atom. The van der Waals surface area contributed by atoms with Crippen LogP contribution in [0.2, 0.25) is 0 Å². The number of aromatic nitrogens is 24. The first-order valence-corrected chi connectivity index (χ1v) is 50.8. The van der Waals surface area contributed by atoms with Gasteiger partial charge in [-0.1, -0.05) is 83.1 Å². The molecule has 0 aliphatic heterocycles. The lowest BCUT2D eigenvalue weighted by Crippen LogP contribution is -2.48. The van der Waals surface area contributed by atoms with E-state index in [1.165, 1.54) is 0 Å². The molecule has 14 heterocycles. The number of hydrogen-bond donors (Lipinski definition) is 10. The number of para-hydroxylation sites is 4. The van der Waals surface area contributed by atoms with Crippen molar-refractivity contribution in [3.05, 3.63) is 270 Å². The normalized spacial score (nSPS) is 19.9. The van der Waals surface area contributed by atoms with E-state index in [1.54, 1.807) is 77.5 Å². The fourth-order valence-electron chi connectivity index (χ4n) is 20.0. The molecule has 0 radical (unpaired) electrons. The molecule has 46 heteroatoms. The van der Waals surface area contributed by atoms with Crippen molar-refractivity contribution >= 4 is 103 Å². The number of halogens is 2. The van der Waals surface area contributed by atoms with E-state index in [4.69, 9.17) is 112 Å². The number of fused-ring (bicyclic) bond motifs is 4. The van der Waals surface area contributed by atoms with Crippen molar-refractivity contribution in [2.45, 2.75) is 149 Å². The highest BCUT2D eigenvalue weighted by Crippen LogP contribution is 2.50. The van der Waals surface area contributed by atoms with Gasteiger partial charge in [-0.25, -0.2) is 48.3 Å². The van der Waals surface area contributed by atoms with Crippen molar-refractivity contribution in [3.63, 3.8) is 0 Å². The molecule has 4 fully saturated rings. The van der Waals surface area contributed by atoms with Gasteiger partial charge in [0.2, 0.25) is 0 Å². The van der Waals surface area contributed by atoms with Crippen molar-refractivity contribution < 1.29 is 46.9 Å². The van der Waals surface area contributed by atoms with Crippen LogP contribution in [0.1, 0.15) is 161 Å². The first-order chi connectivity index (χ1) is 72.0. The molecule has 22 rings (SSSR count). The summed E-state index contributed by atoms with van der Waals surface area (Å²) in [6.45, 7) is 3.38. The molecule has 4 aliphatic carbocycles. The molecule has 0 unspecified atom stereocenters. The summed E-state index contributed by atoms with van der Waals surface area (Å²) in [6, 6.07) is 43.5. The van der Waals surface area contributed by atoms with Crippen LogP contribution < -0.4 is 45.9 Å². The minimum Gasteiger partial charge on any atom is -0.385 e. The van der Waals surface area contributed by atoms with E-state index < -0.39 is 33.9 Å². The number of rotatable bonds is 32. The zero-order chi connectivity index (χ0) is 103. The monoisotopic (exact) mass is 2230 g/mol. The zero-order valence-corrected chi connectivity index (χ0v) is 86.2. The van der Waals surface area contributed by atoms with Gasteiger partial charge in [-0.05, 0) is 196 Å². The number of benzene rings is 4. The second-order valence-corrected chi connectivity index (χ2v) is 39.1. The van der Waals surface area contributed by atoms with E-state index >= 15 is 0 Å². The maximum Gasteiger partial charge on any atom is 0.439 e. The second kappa shape index (κ2) is 45.0. The molecule has 4 saturated carbocycles. The van der Waals surface area contributed by atoms with Crippen LogP contribution in [-0.4, -0.2) is 222 Å². The minimum atomic E-state index is -0.754. The van der Waals surface area contributed by atoms with Crippen molar-refractivity contribution in [1.82, 2.24) is 118 Å². The Kier molecular flexibility index (Phi) is 31.0. The van der Waals surface area contributed by atoms with E-state index in [2.05, 4.69) is 106 Å². The Hall–Kier alpha value is -14.6. The number of anilines is 4. The van der Waals surface area contributed by atoms with Gasteiger partial charge in [-0.2, -0.15) is 58.9 Å². The standard InChI is InChI=1S/C26H27IN8O4.C26H28N8O4.C25H29IN8O2.C25H30N8O2/c1-37-11-12-38-26(24-32-25(36)39-33-24)9-7-16(8-10-26)21-20(27)22(28)35-23(31-21)19(14-30-35)17-13-29-34(15-17)18-5-3-2-4-6-18;1-36-11-12-37-26(24-31-25(35)38-32-24)9-7-17(8-10-26)21-13-22(27)34-23(30-21)20(15-29-34)18-14-28-33(16-18)19-5-3-2-4-6-19;1-35-11-12-36-25(24(28)29)9-7-16(8-10-25)21-20(26)22(27)34-23(32-21)19(14-31-34)17-13-30-33(15-17)18-5-3-2-4-6-18;1-34-11-12-35-25(24(27)28)9-7-17(8-10-25)21-13-22(26)33-23(31-21)20(15-30-33)18-14-29-32(16-18)19-5-3-2-4-6-19/h2-6,13-16H,7-12,28H2,1H3,(H,32,33,36);2-6,13-17H,7-12,27H2,1H3,(H,31,32,35);2-6,13-16H,7-12,27H2,1H3,(H3,28,29);2-6,13-17H,7-12,26H2,1H3,(H3,27,28). The van der Waals surface area contributed by atoms with Crippen LogP contribution in [0, 0.1) is 18.0 Å². The first-order valence-electron chi connectivity index (χ1n) is 48.7. The number of ether oxygens (including phenoxy) is 8. The van der Waals surface area contributed by atoms with Crippen molar-refractivity contribution in [1.29, 1.82) is 10.8 Å². The summed E-state index contributed by atoms with van der Waals surface area (Å²) in [4.78, 5) is 48.9. The van der Waals surface area contributed by atoms with Gasteiger partial charge in [0.1, 0.15) is 57.3 Å². The molecule has 18 aromatic rings. The fraction of sp³-hybridized carbons (Fsp3) is 0.353. The van der Waals surface area contributed by atoms with Crippen LogP contribution in [0.15, 0.2) is 226 Å². The molecule has 0 spiro atoms. The van der Waals surface area contributed by atoms with Gasteiger partial charge >= 0.3 is 11.5 Å². The zero-order valence-electron chi connectivity index (χ0n) is 81.9. The van der Waals surface area contributed by atoms with Gasteiger partial charge in [0.05, 0.1) is 144 Å². The van der Waals surface area contributed by atoms with E-state index in [9.17, 15) is 9.59 Å². The molecule has 16 N–H and O–H groups in total. The van der Waals surface area contributed by atoms with E-state index in [0.29, 0.717) is 162 Å². The van der Waals surface area contributed by atoms with Gasteiger partial charge in [-0.15, -0.1) is 0 Å². The third kappa shape index (κ3) is 21.3. The highest BCUT2D eigenvalue weighted by atomic mass is 127. The maximum atomic E-state index is 11.7. The summed E-state index contributed by atoms with van der Waals surface area (Å²) in [7, 11) is 6.50. The molecule has 14 aromatic heterocycles. The third-order valence-electron chi connectivity index (χ3n) is 28.2. The minimum absolute atomic E-state index is 0.0724. The van der Waals surface area contributed by atoms with Crippen LogP contribution in [0.5, 0.6) is 0 Å². The number of aromatic amines is 2. The number of nitrogens with two attached hydrogens (primary N) is 6. The van der Waals surface area contributed by atoms with Gasteiger partial charge in [-0.3, -0.25) is 29.8 Å². The van der Waals surface area contributed by atoms with Crippen molar-refractivity contribution in [3.8, 4) is 67.3 Å². The molecule has 0 amide bonds. The quantitative estimate of drug-likeness (QED) is 0.00810.